The summed E-state index contributed by atoms with van der Waals surface area (Å²) in [7, 11) is 0. The van der Waals surface area contributed by atoms with Gasteiger partial charge in [-0.2, -0.15) is 5.10 Å². The normalized spacial score (nSPS) is 11.2. The van der Waals surface area contributed by atoms with Crippen molar-refractivity contribution in [2.45, 2.75) is 13.5 Å². The van der Waals surface area contributed by atoms with Crippen LogP contribution in [0.5, 0.6) is 0 Å². The van der Waals surface area contributed by atoms with Crippen LogP contribution in [0.15, 0.2) is 28.8 Å². The third-order valence-electron chi connectivity index (χ3n) is 2.73. The van der Waals surface area contributed by atoms with E-state index in [1.54, 1.807) is 6.20 Å². The number of nitrogens with zero attached hydrogens (tertiary/aromatic N) is 2. The summed E-state index contributed by atoms with van der Waals surface area (Å²) in [6.45, 7) is 2.27. The third-order valence-corrected chi connectivity index (χ3v) is 2.73. The standard InChI is InChI=1S/C12H12N4O/c1-7-15-10-4-8(2-3-12(10)17-7)9-6-14-16-11(9)5-13/h2-4,6H,5,13H2,1H3,(H,14,16). The zero-order valence-electron chi connectivity index (χ0n) is 9.40. The second-order valence-electron chi connectivity index (χ2n) is 3.88. The number of oxazole rings is 1. The highest BCUT2D eigenvalue weighted by molar-refractivity contribution is 5.80. The van der Waals surface area contributed by atoms with E-state index in [-0.39, 0.29) is 0 Å². The molecule has 0 saturated carbocycles. The number of fused-ring (bicyclic) bond motifs is 1. The molecule has 5 heteroatoms. The monoisotopic (exact) mass is 228 g/mol. The van der Waals surface area contributed by atoms with Gasteiger partial charge in [0.05, 0.1) is 11.9 Å². The molecule has 0 aliphatic carbocycles. The highest BCUT2D eigenvalue weighted by Crippen LogP contribution is 2.26. The van der Waals surface area contributed by atoms with Crippen molar-refractivity contribution in [1.82, 2.24) is 15.2 Å². The third kappa shape index (κ3) is 1.60. The van der Waals surface area contributed by atoms with Crippen molar-refractivity contribution in [3.8, 4) is 11.1 Å². The number of hydrogen-bond donors (Lipinski definition) is 2. The van der Waals surface area contributed by atoms with Crippen LogP contribution in [-0.2, 0) is 6.54 Å². The maximum Gasteiger partial charge on any atom is 0.192 e. The van der Waals surface area contributed by atoms with Crippen LogP contribution in [0.2, 0.25) is 0 Å². The summed E-state index contributed by atoms with van der Waals surface area (Å²) in [5.74, 6) is 0.670. The van der Waals surface area contributed by atoms with E-state index in [2.05, 4.69) is 15.2 Å². The quantitative estimate of drug-likeness (QED) is 0.702. The number of H-pyrrole nitrogens is 1. The minimum Gasteiger partial charge on any atom is -0.441 e. The highest BCUT2D eigenvalue weighted by atomic mass is 16.3. The van der Waals surface area contributed by atoms with Crippen molar-refractivity contribution in [3.63, 3.8) is 0 Å². The van der Waals surface area contributed by atoms with Gasteiger partial charge >= 0.3 is 0 Å². The molecule has 0 aliphatic rings. The Hall–Kier alpha value is -2.14. The SMILES string of the molecule is Cc1nc2cc(-c3cn[nH]c3CN)ccc2o1. The van der Waals surface area contributed by atoms with Crippen LogP contribution in [0.3, 0.4) is 0 Å². The largest absolute Gasteiger partial charge is 0.441 e. The Labute approximate surface area is 97.7 Å². The van der Waals surface area contributed by atoms with Crippen LogP contribution in [0, 0.1) is 6.92 Å². The van der Waals surface area contributed by atoms with E-state index in [1.165, 1.54) is 0 Å². The number of aromatic nitrogens is 3. The summed E-state index contributed by atoms with van der Waals surface area (Å²) in [4.78, 5) is 4.31. The number of aromatic amines is 1. The van der Waals surface area contributed by atoms with Crippen LogP contribution in [0.25, 0.3) is 22.2 Å². The van der Waals surface area contributed by atoms with Gasteiger partial charge in [-0.05, 0) is 17.7 Å². The molecule has 0 atom stereocenters. The fraction of sp³-hybridized carbons (Fsp3) is 0.167. The minimum atomic E-state index is 0.436. The van der Waals surface area contributed by atoms with Crippen LogP contribution in [0.1, 0.15) is 11.6 Å². The maximum atomic E-state index is 5.64. The molecule has 3 N–H and O–H groups in total. The number of nitrogens with one attached hydrogen (secondary N) is 1. The Kier molecular flexibility index (Phi) is 2.19. The first kappa shape index (κ1) is 10.0. The van der Waals surface area contributed by atoms with Crippen LogP contribution < -0.4 is 5.73 Å². The molecule has 0 bridgehead atoms. The molecule has 1 aromatic carbocycles. The first-order chi connectivity index (χ1) is 8.28. The van der Waals surface area contributed by atoms with Gasteiger partial charge in [0.2, 0.25) is 0 Å². The number of aryl methyl sites for hydroxylation is 1. The van der Waals surface area contributed by atoms with Gasteiger partial charge in [0.1, 0.15) is 5.52 Å². The lowest BCUT2D eigenvalue weighted by molar-refractivity contribution is 0.561. The van der Waals surface area contributed by atoms with Gasteiger partial charge in [0, 0.05) is 19.0 Å². The molecule has 0 spiro atoms. The molecular weight excluding hydrogens is 216 g/mol. The molecule has 86 valence electrons. The van der Waals surface area contributed by atoms with Gasteiger partial charge in [-0.3, -0.25) is 5.10 Å². The van der Waals surface area contributed by atoms with Crippen molar-refractivity contribution >= 4 is 11.1 Å². The second kappa shape index (κ2) is 3.71. The van der Waals surface area contributed by atoms with Crippen LogP contribution >= 0.6 is 0 Å². The molecule has 3 aromatic rings. The molecule has 0 amide bonds. The Morgan fingerprint density at radius 1 is 1.41 bits per heavy atom. The molecule has 0 saturated heterocycles. The number of rotatable bonds is 2. The summed E-state index contributed by atoms with van der Waals surface area (Å²) < 4.78 is 5.44. The number of benzene rings is 1. The van der Waals surface area contributed by atoms with E-state index in [0.29, 0.717) is 12.4 Å². The molecule has 0 radical (unpaired) electrons. The van der Waals surface area contributed by atoms with E-state index < -0.39 is 0 Å². The molecular formula is C12H12N4O. The predicted molar refractivity (Wildman–Crippen MR) is 64.2 cm³/mol. The lowest BCUT2D eigenvalue weighted by Crippen LogP contribution is -1.98. The van der Waals surface area contributed by atoms with E-state index in [9.17, 15) is 0 Å². The van der Waals surface area contributed by atoms with Crippen molar-refractivity contribution < 1.29 is 4.42 Å². The van der Waals surface area contributed by atoms with Gasteiger partial charge in [0.15, 0.2) is 11.5 Å². The van der Waals surface area contributed by atoms with Crippen molar-refractivity contribution in [2.75, 3.05) is 0 Å². The summed E-state index contributed by atoms with van der Waals surface area (Å²) >= 11 is 0. The summed E-state index contributed by atoms with van der Waals surface area (Å²) in [6, 6.07) is 5.88. The van der Waals surface area contributed by atoms with E-state index in [1.807, 2.05) is 25.1 Å². The Morgan fingerprint density at radius 3 is 3.12 bits per heavy atom. The highest BCUT2D eigenvalue weighted by Gasteiger charge is 2.09. The van der Waals surface area contributed by atoms with Crippen molar-refractivity contribution in [1.29, 1.82) is 0 Å². The zero-order valence-corrected chi connectivity index (χ0v) is 9.40. The molecule has 17 heavy (non-hydrogen) atoms. The fourth-order valence-corrected chi connectivity index (χ4v) is 1.93. The van der Waals surface area contributed by atoms with Gasteiger partial charge < -0.3 is 10.2 Å². The minimum absolute atomic E-state index is 0.436. The van der Waals surface area contributed by atoms with Crippen LogP contribution in [-0.4, -0.2) is 15.2 Å². The number of hydrogen-bond acceptors (Lipinski definition) is 4. The smallest absolute Gasteiger partial charge is 0.192 e. The molecule has 0 aliphatic heterocycles. The van der Waals surface area contributed by atoms with E-state index >= 15 is 0 Å². The average molecular weight is 228 g/mol. The lowest BCUT2D eigenvalue weighted by atomic mass is 10.1. The number of nitrogens with two attached hydrogens (primary N) is 1. The molecule has 2 heterocycles. The lowest BCUT2D eigenvalue weighted by Gasteiger charge is -2.00. The Bertz CT molecular complexity index is 668. The van der Waals surface area contributed by atoms with Crippen molar-refractivity contribution in [3.05, 3.63) is 36.0 Å². The van der Waals surface area contributed by atoms with Gasteiger partial charge in [-0.25, -0.2) is 4.98 Å². The van der Waals surface area contributed by atoms with E-state index in [0.717, 1.165) is 27.9 Å². The molecule has 0 unspecified atom stereocenters. The molecule has 2 aromatic heterocycles. The molecule has 0 fully saturated rings. The Balaban J connectivity index is 2.17. The topological polar surface area (TPSA) is 80.7 Å². The average Bonchev–Trinajstić information content (AvgIpc) is 2.91. The maximum absolute atomic E-state index is 5.64. The predicted octanol–water partition coefficient (Wildman–Crippen LogP) is 1.99. The molecule has 3 rings (SSSR count). The first-order valence-corrected chi connectivity index (χ1v) is 5.38. The van der Waals surface area contributed by atoms with Gasteiger partial charge in [-0.15, -0.1) is 0 Å². The molecule has 5 nitrogen and oxygen atoms in total. The van der Waals surface area contributed by atoms with Gasteiger partial charge in [-0.1, -0.05) is 6.07 Å². The Morgan fingerprint density at radius 2 is 2.29 bits per heavy atom. The summed E-state index contributed by atoms with van der Waals surface area (Å²) in [5, 5.41) is 6.89. The van der Waals surface area contributed by atoms with Gasteiger partial charge in [0.25, 0.3) is 0 Å². The van der Waals surface area contributed by atoms with Crippen LogP contribution in [0.4, 0.5) is 0 Å². The first-order valence-electron chi connectivity index (χ1n) is 5.38. The summed E-state index contributed by atoms with van der Waals surface area (Å²) in [6.07, 6.45) is 1.77. The fourth-order valence-electron chi connectivity index (χ4n) is 1.93. The summed E-state index contributed by atoms with van der Waals surface area (Å²) in [5.41, 5.74) is 10.3. The van der Waals surface area contributed by atoms with Crippen molar-refractivity contribution in [2.24, 2.45) is 5.73 Å². The second-order valence-corrected chi connectivity index (χ2v) is 3.88. The van der Waals surface area contributed by atoms with E-state index in [4.69, 9.17) is 10.2 Å². The zero-order chi connectivity index (χ0) is 11.8.